The van der Waals surface area contributed by atoms with Gasteiger partial charge in [0.05, 0.1) is 4.90 Å². The molecule has 0 unspecified atom stereocenters. The number of halogens is 1. The number of nitrogens with one attached hydrogen (secondary N) is 2. The molecule has 0 aromatic heterocycles. The lowest BCUT2D eigenvalue weighted by atomic mass is 10.1. The third-order valence-corrected chi connectivity index (χ3v) is 8.25. The van der Waals surface area contributed by atoms with Crippen molar-refractivity contribution in [2.24, 2.45) is 0 Å². The highest BCUT2D eigenvalue weighted by Gasteiger charge is 2.36. The van der Waals surface area contributed by atoms with E-state index < -0.39 is 16.1 Å². The Morgan fingerprint density at radius 2 is 1.64 bits per heavy atom. The third kappa shape index (κ3) is 6.32. The van der Waals surface area contributed by atoms with Gasteiger partial charge in [-0.15, -0.1) is 0 Å². The van der Waals surface area contributed by atoms with Gasteiger partial charge in [0.25, 0.3) is 5.91 Å². The molecule has 0 saturated carbocycles. The average molecular weight is 526 g/mol. The molecular formula is C27H28ClN3O4S. The van der Waals surface area contributed by atoms with Gasteiger partial charge in [0, 0.05) is 30.2 Å². The Morgan fingerprint density at radius 1 is 0.944 bits per heavy atom. The molecule has 3 aromatic carbocycles. The van der Waals surface area contributed by atoms with Crippen LogP contribution in [0.25, 0.3) is 0 Å². The van der Waals surface area contributed by atoms with Crippen LogP contribution in [0.15, 0.2) is 83.8 Å². The van der Waals surface area contributed by atoms with Gasteiger partial charge in [0.2, 0.25) is 15.9 Å². The lowest BCUT2D eigenvalue weighted by molar-refractivity contribution is -0.124. The molecule has 0 bridgehead atoms. The van der Waals surface area contributed by atoms with Gasteiger partial charge in [-0.2, -0.15) is 4.31 Å². The van der Waals surface area contributed by atoms with Crippen LogP contribution < -0.4 is 10.6 Å². The van der Waals surface area contributed by atoms with E-state index in [9.17, 15) is 18.0 Å². The monoisotopic (exact) mass is 525 g/mol. The van der Waals surface area contributed by atoms with Gasteiger partial charge in [-0.05, 0) is 66.8 Å². The zero-order chi connectivity index (χ0) is 25.5. The summed E-state index contributed by atoms with van der Waals surface area (Å²) in [5.74, 6) is -0.527. The highest BCUT2D eigenvalue weighted by molar-refractivity contribution is 7.89. The molecule has 0 spiro atoms. The molecule has 1 aliphatic heterocycles. The SMILES string of the molecule is O=C(NCc1ccccc1)c1ccc(CN([C@@H]2CCCCNC2=O)S(=O)(=O)c2ccc(Cl)cc2)cc1. The van der Waals surface area contributed by atoms with Crippen LogP contribution >= 0.6 is 11.6 Å². The van der Waals surface area contributed by atoms with E-state index in [0.29, 0.717) is 35.7 Å². The first-order valence-electron chi connectivity index (χ1n) is 11.8. The molecule has 0 aliphatic carbocycles. The molecule has 7 nitrogen and oxygen atoms in total. The van der Waals surface area contributed by atoms with Crippen LogP contribution in [0.2, 0.25) is 5.02 Å². The fourth-order valence-corrected chi connectivity index (χ4v) is 5.86. The average Bonchev–Trinajstić information content (AvgIpc) is 3.11. The first kappa shape index (κ1) is 25.9. The van der Waals surface area contributed by atoms with Crippen molar-refractivity contribution in [3.05, 3.63) is 101 Å². The van der Waals surface area contributed by atoms with E-state index in [4.69, 9.17) is 11.6 Å². The largest absolute Gasteiger partial charge is 0.355 e. The van der Waals surface area contributed by atoms with E-state index in [0.717, 1.165) is 18.4 Å². The van der Waals surface area contributed by atoms with E-state index in [-0.39, 0.29) is 23.3 Å². The van der Waals surface area contributed by atoms with Crippen LogP contribution in [0, 0.1) is 0 Å². The number of carbonyl (C=O) groups is 2. The Hall–Kier alpha value is -3.20. The maximum absolute atomic E-state index is 13.6. The number of sulfonamides is 1. The summed E-state index contributed by atoms with van der Waals surface area (Å²) in [5, 5.41) is 6.13. The minimum absolute atomic E-state index is 0.00500. The Labute approximate surface area is 216 Å². The summed E-state index contributed by atoms with van der Waals surface area (Å²) >= 11 is 5.96. The number of hydrogen-bond acceptors (Lipinski definition) is 4. The Bertz CT molecular complexity index is 1300. The second-order valence-corrected chi connectivity index (χ2v) is 11.0. The number of carbonyl (C=O) groups excluding carboxylic acids is 2. The van der Waals surface area contributed by atoms with Crippen molar-refractivity contribution in [3.63, 3.8) is 0 Å². The van der Waals surface area contributed by atoms with E-state index in [1.54, 1.807) is 24.3 Å². The first-order chi connectivity index (χ1) is 17.3. The molecule has 1 atom stereocenters. The van der Waals surface area contributed by atoms with Gasteiger partial charge >= 0.3 is 0 Å². The summed E-state index contributed by atoms with van der Waals surface area (Å²) in [6.07, 6.45) is 1.96. The topological polar surface area (TPSA) is 95.6 Å². The number of nitrogens with zero attached hydrogens (tertiary/aromatic N) is 1. The molecule has 2 N–H and O–H groups in total. The minimum atomic E-state index is -4.00. The highest BCUT2D eigenvalue weighted by Crippen LogP contribution is 2.26. The fourth-order valence-electron chi connectivity index (χ4n) is 4.12. The highest BCUT2D eigenvalue weighted by atomic mass is 35.5. The van der Waals surface area contributed by atoms with Gasteiger partial charge in [0.15, 0.2) is 0 Å². The minimum Gasteiger partial charge on any atom is -0.355 e. The van der Waals surface area contributed by atoms with Crippen molar-refractivity contribution in [1.82, 2.24) is 14.9 Å². The molecule has 1 saturated heterocycles. The second-order valence-electron chi connectivity index (χ2n) is 8.67. The van der Waals surface area contributed by atoms with Gasteiger partial charge in [-0.1, -0.05) is 54.1 Å². The van der Waals surface area contributed by atoms with Gasteiger partial charge in [-0.3, -0.25) is 9.59 Å². The molecule has 36 heavy (non-hydrogen) atoms. The molecule has 188 valence electrons. The predicted octanol–water partition coefficient (Wildman–Crippen LogP) is 4.13. The fraction of sp³-hybridized carbons (Fsp3) is 0.259. The number of hydrogen-bond donors (Lipinski definition) is 2. The van der Waals surface area contributed by atoms with Crippen LogP contribution in [0.5, 0.6) is 0 Å². The zero-order valence-electron chi connectivity index (χ0n) is 19.7. The Kier molecular flexibility index (Phi) is 8.40. The van der Waals surface area contributed by atoms with Crippen LogP contribution in [0.4, 0.5) is 0 Å². The standard InChI is InChI=1S/C27H28ClN3O4S/c28-23-13-15-24(16-14-23)36(34,35)31(25-8-4-5-17-29-27(25)33)19-21-9-11-22(12-10-21)26(32)30-18-20-6-2-1-3-7-20/h1-3,6-7,9-16,25H,4-5,8,17-19H2,(H,29,33)(H,30,32)/t25-/m1/s1. The summed E-state index contributed by atoms with van der Waals surface area (Å²) in [6.45, 7) is 0.928. The van der Waals surface area contributed by atoms with E-state index in [2.05, 4.69) is 10.6 Å². The normalized spacial score (nSPS) is 16.3. The second kappa shape index (κ2) is 11.7. The molecule has 3 aromatic rings. The Balaban J connectivity index is 1.55. The smallest absolute Gasteiger partial charge is 0.251 e. The summed E-state index contributed by atoms with van der Waals surface area (Å²) in [4.78, 5) is 25.5. The van der Waals surface area contributed by atoms with E-state index in [1.165, 1.54) is 28.6 Å². The van der Waals surface area contributed by atoms with Crippen LogP contribution in [0.3, 0.4) is 0 Å². The molecule has 0 radical (unpaired) electrons. The quantitative estimate of drug-likeness (QED) is 0.462. The molecule has 1 heterocycles. The van der Waals surface area contributed by atoms with Gasteiger partial charge < -0.3 is 10.6 Å². The first-order valence-corrected chi connectivity index (χ1v) is 13.6. The molecule has 9 heteroatoms. The van der Waals surface area contributed by atoms with Crippen molar-refractivity contribution in [3.8, 4) is 0 Å². The summed E-state index contributed by atoms with van der Waals surface area (Å²) in [7, 11) is -4.00. The summed E-state index contributed by atoms with van der Waals surface area (Å²) in [5.41, 5.74) is 2.13. The molecule has 1 fully saturated rings. The van der Waals surface area contributed by atoms with Gasteiger partial charge in [-0.25, -0.2) is 8.42 Å². The summed E-state index contributed by atoms with van der Waals surface area (Å²) in [6, 6.07) is 21.5. The molecule has 4 rings (SSSR count). The number of benzene rings is 3. The Morgan fingerprint density at radius 3 is 2.33 bits per heavy atom. The van der Waals surface area contributed by atoms with Crippen LogP contribution in [-0.2, 0) is 27.9 Å². The lowest BCUT2D eigenvalue weighted by Crippen LogP contribution is -2.48. The van der Waals surface area contributed by atoms with Crippen molar-refractivity contribution in [1.29, 1.82) is 0 Å². The summed E-state index contributed by atoms with van der Waals surface area (Å²) < 4.78 is 28.5. The van der Waals surface area contributed by atoms with E-state index >= 15 is 0 Å². The molecular weight excluding hydrogens is 498 g/mol. The van der Waals surface area contributed by atoms with Crippen LogP contribution in [-0.4, -0.2) is 37.1 Å². The maximum Gasteiger partial charge on any atom is 0.251 e. The number of rotatable bonds is 8. The van der Waals surface area contributed by atoms with Gasteiger partial charge in [0.1, 0.15) is 6.04 Å². The maximum atomic E-state index is 13.6. The lowest BCUT2D eigenvalue weighted by Gasteiger charge is -2.29. The van der Waals surface area contributed by atoms with Crippen LogP contribution in [0.1, 0.15) is 40.7 Å². The molecule has 2 amide bonds. The van der Waals surface area contributed by atoms with Crippen molar-refractivity contribution >= 4 is 33.4 Å². The van der Waals surface area contributed by atoms with Crippen molar-refractivity contribution in [2.45, 2.75) is 43.3 Å². The third-order valence-electron chi connectivity index (χ3n) is 6.12. The van der Waals surface area contributed by atoms with Crippen molar-refractivity contribution in [2.75, 3.05) is 6.54 Å². The number of amides is 2. The van der Waals surface area contributed by atoms with E-state index in [1.807, 2.05) is 30.3 Å². The predicted molar refractivity (Wildman–Crippen MR) is 139 cm³/mol. The van der Waals surface area contributed by atoms with Crippen molar-refractivity contribution < 1.29 is 18.0 Å². The zero-order valence-corrected chi connectivity index (χ0v) is 21.3. The molecule has 1 aliphatic rings.